The van der Waals surface area contributed by atoms with E-state index in [-0.39, 0.29) is 28.7 Å². The number of aliphatic hydroxyl groups is 1. The van der Waals surface area contributed by atoms with Gasteiger partial charge in [-0.05, 0) is 85.5 Å². The lowest BCUT2D eigenvalue weighted by atomic mass is 9.93. The highest BCUT2D eigenvalue weighted by Gasteiger charge is 2.47. The van der Waals surface area contributed by atoms with E-state index in [9.17, 15) is 19.8 Å². The molecule has 0 aromatic heterocycles. The van der Waals surface area contributed by atoms with Crippen LogP contribution in [0.5, 0.6) is 17.2 Å². The van der Waals surface area contributed by atoms with Crippen LogP contribution in [0.25, 0.3) is 5.76 Å². The van der Waals surface area contributed by atoms with Crippen LogP contribution in [-0.2, 0) is 9.59 Å². The second-order valence-electron chi connectivity index (χ2n) is 10.1. The van der Waals surface area contributed by atoms with Crippen molar-refractivity contribution in [3.05, 3.63) is 82.9 Å². The van der Waals surface area contributed by atoms with Crippen molar-refractivity contribution in [3.8, 4) is 17.2 Å². The molecule has 1 unspecified atom stereocenters. The zero-order valence-electron chi connectivity index (χ0n) is 23.8. The number of nitrogens with zero attached hydrogens (tertiary/aromatic N) is 2. The van der Waals surface area contributed by atoms with Crippen molar-refractivity contribution in [2.45, 2.75) is 39.7 Å². The Bertz CT molecular complexity index is 1440. The summed E-state index contributed by atoms with van der Waals surface area (Å²) >= 11 is 0. The highest BCUT2D eigenvalue weighted by Crippen LogP contribution is 2.44. The lowest BCUT2D eigenvalue weighted by molar-refractivity contribution is -0.132. The number of hydrogen-bond donors (Lipinski definition) is 2. The zero-order valence-corrected chi connectivity index (χ0v) is 23.8. The monoisotopic (exact) mass is 544 g/mol. The molecule has 8 nitrogen and oxygen atoms in total. The maximum atomic E-state index is 13.6. The fourth-order valence-corrected chi connectivity index (χ4v) is 4.89. The van der Waals surface area contributed by atoms with Crippen LogP contribution in [0.1, 0.15) is 56.3 Å². The molecule has 0 radical (unpaired) electrons. The largest absolute Gasteiger partial charge is 0.507 e. The predicted octanol–water partition coefficient (Wildman–Crippen LogP) is 6.01. The van der Waals surface area contributed by atoms with Gasteiger partial charge >= 0.3 is 0 Å². The molecule has 1 fully saturated rings. The van der Waals surface area contributed by atoms with Crippen LogP contribution < -0.4 is 19.3 Å². The Morgan fingerprint density at radius 2 is 1.57 bits per heavy atom. The Morgan fingerprint density at radius 1 is 0.925 bits per heavy atom. The van der Waals surface area contributed by atoms with Crippen LogP contribution >= 0.6 is 0 Å². The number of aromatic hydroxyl groups is 1. The second kappa shape index (κ2) is 11.7. The van der Waals surface area contributed by atoms with Crippen LogP contribution in [0.2, 0.25) is 0 Å². The molecule has 40 heavy (non-hydrogen) atoms. The number of rotatable bonds is 9. The molecule has 1 saturated heterocycles. The summed E-state index contributed by atoms with van der Waals surface area (Å²) in [6.07, 6.45) is 0. The van der Waals surface area contributed by atoms with Gasteiger partial charge in [-0.2, -0.15) is 0 Å². The van der Waals surface area contributed by atoms with Crippen molar-refractivity contribution >= 4 is 28.8 Å². The van der Waals surface area contributed by atoms with Gasteiger partial charge in [0.05, 0.1) is 24.8 Å². The molecule has 1 aliphatic heterocycles. The second-order valence-corrected chi connectivity index (χ2v) is 10.1. The van der Waals surface area contributed by atoms with Crippen LogP contribution in [0.3, 0.4) is 0 Å². The predicted molar refractivity (Wildman–Crippen MR) is 157 cm³/mol. The Balaban J connectivity index is 1.94. The Morgan fingerprint density at radius 3 is 2.17 bits per heavy atom. The van der Waals surface area contributed by atoms with Gasteiger partial charge in [-0.15, -0.1) is 0 Å². The summed E-state index contributed by atoms with van der Waals surface area (Å²) in [5.74, 6) is -0.898. The number of benzene rings is 3. The summed E-state index contributed by atoms with van der Waals surface area (Å²) in [5, 5.41) is 22.0. The van der Waals surface area contributed by atoms with E-state index in [0.29, 0.717) is 35.8 Å². The first kappa shape index (κ1) is 28.5. The maximum Gasteiger partial charge on any atom is 0.300 e. The van der Waals surface area contributed by atoms with Gasteiger partial charge < -0.3 is 24.6 Å². The summed E-state index contributed by atoms with van der Waals surface area (Å²) in [4.78, 5) is 30.5. The first-order chi connectivity index (χ1) is 19.1. The fourth-order valence-electron chi connectivity index (χ4n) is 4.89. The number of ketones is 1. The highest BCUT2D eigenvalue weighted by molar-refractivity contribution is 6.51. The molecule has 2 N–H and O–H groups in total. The van der Waals surface area contributed by atoms with Crippen molar-refractivity contribution in [1.29, 1.82) is 0 Å². The Kier molecular flexibility index (Phi) is 8.38. The number of phenolic OH excluding ortho intramolecular Hbond substituents is 1. The normalized spacial score (nSPS) is 16.5. The summed E-state index contributed by atoms with van der Waals surface area (Å²) in [6, 6.07) is 16.2. The fraction of sp³-hybridized carbons (Fsp3) is 0.312. The van der Waals surface area contributed by atoms with Gasteiger partial charge in [-0.1, -0.05) is 19.9 Å². The van der Waals surface area contributed by atoms with Gasteiger partial charge in [0.25, 0.3) is 11.7 Å². The summed E-state index contributed by atoms with van der Waals surface area (Å²) in [5.41, 5.74) is 3.16. The van der Waals surface area contributed by atoms with E-state index in [1.165, 1.54) is 11.0 Å². The lowest BCUT2D eigenvalue weighted by Crippen LogP contribution is -2.29. The van der Waals surface area contributed by atoms with Crippen molar-refractivity contribution in [2.75, 3.05) is 37.1 Å². The molecule has 210 valence electrons. The number of amides is 1. The summed E-state index contributed by atoms with van der Waals surface area (Å²) in [7, 11) is 3.82. The highest BCUT2D eigenvalue weighted by atomic mass is 16.5. The molecule has 1 aliphatic rings. The van der Waals surface area contributed by atoms with Crippen molar-refractivity contribution in [2.24, 2.45) is 0 Å². The average Bonchev–Trinajstić information content (AvgIpc) is 3.20. The molecule has 0 aliphatic carbocycles. The third kappa shape index (κ3) is 5.34. The Hall–Kier alpha value is -4.46. The van der Waals surface area contributed by atoms with Crippen LogP contribution in [0.4, 0.5) is 11.4 Å². The first-order valence-corrected chi connectivity index (χ1v) is 13.4. The van der Waals surface area contributed by atoms with Gasteiger partial charge in [0.15, 0.2) is 11.5 Å². The number of phenols is 1. The third-order valence-electron chi connectivity index (χ3n) is 6.89. The molecular formula is C32H36N2O6. The quantitative estimate of drug-likeness (QED) is 0.193. The van der Waals surface area contributed by atoms with E-state index in [1.54, 1.807) is 49.4 Å². The minimum atomic E-state index is -0.959. The van der Waals surface area contributed by atoms with Gasteiger partial charge in [0.1, 0.15) is 11.5 Å². The number of ether oxygens (including phenoxy) is 2. The van der Waals surface area contributed by atoms with Crippen molar-refractivity contribution < 1.29 is 29.3 Å². The van der Waals surface area contributed by atoms with Crippen molar-refractivity contribution in [3.63, 3.8) is 0 Å². The van der Waals surface area contributed by atoms with E-state index in [2.05, 4.69) is 0 Å². The molecule has 1 amide bonds. The molecule has 4 rings (SSSR count). The standard InChI is InChI=1S/C32H36N2O6/c1-7-39-26-16-10-21(17-24(26)19(3)4)30(36)28-29(20-9-15-25(35)27(18-20)40-8-2)34(32(38)31(28)37)23-13-11-22(12-14-23)33(5)6/h9-19,29,35-36H,7-8H2,1-6H3/b30-28+. The number of Topliss-reactive ketones (excluding diaryl/α,β-unsaturated/α-hetero) is 1. The van der Waals surface area contributed by atoms with E-state index >= 15 is 0 Å². The van der Waals surface area contributed by atoms with Gasteiger partial charge in [0, 0.05) is 31.0 Å². The summed E-state index contributed by atoms with van der Waals surface area (Å²) < 4.78 is 11.4. The SMILES string of the molecule is CCOc1cc(C2/C(=C(\O)c3ccc(OCC)c(C(C)C)c3)C(=O)C(=O)N2c2ccc(N(C)C)cc2)ccc1O. The van der Waals surface area contributed by atoms with Crippen LogP contribution in [0, 0.1) is 0 Å². The first-order valence-electron chi connectivity index (χ1n) is 13.4. The van der Waals surface area contributed by atoms with Crippen LogP contribution in [-0.4, -0.2) is 49.2 Å². The Labute approximate surface area is 235 Å². The molecule has 1 heterocycles. The van der Waals surface area contributed by atoms with E-state index < -0.39 is 17.7 Å². The smallest absolute Gasteiger partial charge is 0.300 e. The van der Waals surface area contributed by atoms with Gasteiger partial charge in [0.2, 0.25) is 0 Å². The van der Waals surface area contributed by atoms with E-state index in [1.807, 2.05) is 51.9 Å². The van der Waals surface area contributed by atoms with Crippen molar-refractivity contribution in [1.82, 2.24) is 0 Å². The third-order valence-corrected chi connectivity index (χ3v) is 6.89. The molecule has 3 aromatic carbocycles. The van der Waals surface area contributed by atoms with E-state index in [0.717, 1.165) is 11.3 Å². The average molecular weight is 545 g/mol. The van der Waals surface area contributed by atoms with E-state index in [4.69, 9.17) is 9.47 Å². The van der Waals surface area contributed by atoms with Gasteiger partial charge in [-0.25, -0.2) is 0 Å². The number of carbonyl (C=O) groups excluding carboxylic acids is 2. The number of hydrogen-bond acceptors (Lipinski definition) is 7. The number of aliphatic hydroxyl groups excluding tert-OH is 1. The molecule has 0 saturated carbocycles. The molecule has 1 atom stereocenters. The van der Waals surface area contributed by atoms with Gasteiger partial charge in [-0.3, -0.25) is 14.5 Å². The molecule has 0 spiro atoms. The zero-order chi connectivity index (χ0) is 29.1. The minimum absolute atomic E-state index is 0.0475. The molecule has 8 heteroatoms. The summed E-state index contributed by atoms with van der Waals surface area (Å²) in [6.45, 7) is 8.54. The number of anilines is 2. The van der Waals surface area contributed by atoms with Crippen LogP contribution in [0.15, 0.2) is 66.2 Å². The lowest BCUT2D eigenvalue weighted by Gasteiger charge is -2.26. The molecule has 0 bridgehead atoms. The minimum Gasteiger partial charge on any atom is -0.507 e. The topological polar surface area (TPSA) is 99.5 Å². The molecular weight excluding hydrogens is 508 g/mol. The maximum absolute atomic E-state index is 13.6. The number of carbonyl (C=O) groups is 2. The molecule has 3 aromatic rings.